The SMILES string of the molecule is CCOC(=O)c1cccnc1N1CCc2cccc(Br)c2C1. The zero-order chi connectivity index (χ0) is 15.5. The van der Waals surface area contributed by atoms with Gasteiger partial charge in [-0.25, -0.2) is 9.78 Å². The average Bonchev–Trinajstić information content (AvgIpc) is 2.55. The van der Waals surface area contributed by atoms with Crippen LogP contribution in [-0.4, -0.2) is 24.1 Å². The molecule has 0 fully saturated rings. The maximum atomic E-state index is 12.1. The smallest absolute Gasteiger partial charge is 0.341 e. The van der Waals surface area contributed by atoms with E-state index in [0.717, 1.165) is 24.0 Å². The molecule has 3 rings (SSSR count). The van der Waals surface area contributed by atoms with Crippen molar-refractivity contribution in [1.29, 1.82) is 0 Å². The van der Waals surface area contributed by atoms with Gasteiger partial charge in [0.1, 0.15) is 11.4 Å². The van der Waals surface area contributed by atoms with Crippen LogP contribution in [0.2, 0.25) is 0 Å². The second-order valence-electron chi connectivity index (χ2n) is 5.14. The van der Waals surface area contributed by atoms with Crippen LogP contribution in [0.1, 0.15) is 28.4 Å². The van der Waals surface area contributed by atoms with Crippen LogP contribution in [0.25, 0.3) is 0 Å². The first-order valence-corrected chi connectivity index (χ1v) is 8.13. The standard InChI is InChI=1S/C17H17BrN2O2/c1-2-22-17(21)13-6-4-9-19-16(13)20-10-8-12-5-3-7-15(18)14(12)11-20/h3-7,9H,2,8,10-11H2,1H3. The first-order valence-electron chi connectivity index (χ1n) is 7.34. The molecular weight excluding hydrogens is 344 g/mol. The largest absolute Gasteiger partial charge is 0.462 e. The minimum atomic E-state index is -0.316. The topological polar surface area (TPSA) is 42.4 Å². The second kappa shape index (κ2) is 6.48. The first kappa shape index (κ1) is 15.0. The van der Waals surface area contributed by atoms with Crippen LogP contribution in [0.5, 0.6) is 0 Å². The van der Waals surface area contributed by atoms with Gasteiger partial charge in [0.25, 0.3) is 0 Å². The minimum Gasteiger partial charge on any atom is -0.462 e. The number of pyridine rings is 1. The molecular formula is C17H17BrN2O2. The van der Waals surface area contributed by atoms with E-state index in [4.69, 9.17) is 4.74 Å². The molecule has 0 atom stereocenters. The van der Waals surface area contributed by atoms with Crippen LogP contribution >= 0.6 is 15.9 Å². The molecule has 0 radical (unpaired) electrons. The number of hydrogen-bond donors (Lipinski definition) is 0. The molecule has 0 N–H and O–H groups in total. The number of halogens is 1. The Morgan fingerprint density at radius 1 is 1.36 bits per heavy atom. The van der Waals surface area contributed by atoms with Gasteiger partial charge >= 0.3 is 5.97 Å². The predicted octanol–water partition coefficient (Wildman–Crippen LogP) is 3.58. The number of fused-ring (bicyclic) bond motifs is 1. The number of nitrogens with zero attached hydrogens (tertiary/aromatic N) is 2. The fourth-order valence-electron chi connectivity index (χ4n) is 2.74. The number of ether oxygens (including phenoxy) is 1. The van der Waals surface area contributed by atoms with Crippen LogP contribution in [-0.2, 0) is 17.7 Å². The van der Waals surface area contributed by atoms with Gasteiger partial charge < -0.3 is 9.64 Å². The molecule has 4 nitrogen and oxygen atoms in total. The maximum absolute atomic E-state index is 12.1. The Balaban J connectivity index is 1.93. The quantitative estimate of drug-likeness (QED) is 0.784. The van der Waals surface area contributed by atoms with Crippen molar-refractivity contribution in [2.45, 2.75) is 19.9 Å². The van der Waals surface area contributed by atoms with Crippen molar-refractivity contribution in [2.75, 3.05) is 18.1 Å². The Hall–Kier alpha value is -1.88. The van der Waals surface area contributed by atoms with Crippen molar-refractivity contribution >= 4 is 27.7 Å². The van der Waals surface area contributed by atoms with Gasteiger partial charge in [0, 0.05) is 23.8 Å². The lowest BCUT2D eigenvalue weighted by Gasteiger charge is -2.31. The van der Waals surface area contributed by atoms with Crippen molar-refractivity contribution in [1.82, 2.24) is 4.98 Å². The number of rotatable bonds is 3. The number of carbonyl (C=O) groups is 1. The highest BCUT2D eigenvalue weighted by molar-refractivity contribution is 9.10. The second-order valence-corrected chi connectivity index (χ2v) is 6.00. The molecule has 2 aromatic rings. The fraction of sp³-hybridized carbons (Fsp3) is 0.294. The molecule has 0 saturated carbocycles. The predicted molar refractivity (Wildman–Crippen MR) is 89.1 cm³/mol. The van der Waals surface area contributed by atoms with E-state index >= 15 is 0 Å². The van der Waals surface area contributed by atoms with E-state index in [0.29, 0.717) is 18.0 Å². The van der Waals surface area contributed by atoms with Crippen LogP contribution < -0.4 is 4.90 Å². The van der Waals surface area contributed by atoms with Gasteiger partial charge in [-0.2, -0.15) is 0 Å². The molecule has 114 valence electrons. The summed E-state index contributed by atoms with van der Waals surface area (Å²) in [6.45, 7) is 3.75. The molecule has 1 aliphatic heterocycles. The highest BCUT2D eigenvalue weighted by Gasteiger charge is 2.23. The van der Waals surface area contributed by atoms with E-state index in [2.05, 4.69) is 37.9 Å². The highest BCUT2D eigenvalue weighted by Crippen LogP contribution is 2.30. The Morgan fingerprint density at radius 2 is 2.23 bits per heavy atom. The number of hydrogen-bond acceptors (Lipinski definition) is 4. The first-order chi connectivity index (χ1) is 10.7. The molecule has 2 heterocycles. The summed E-state index contributed by atoms with van der Waals surface area (Å²) in [5, 5.41) is 0. The van der Waals surface area contributed by atoms with Crippen LogP contribution in [0.4, 0.5) is 5.82 Å². The maximum Gasteiger partial charge on any atom is 0.341 e. The third-order valence-electron chi connectivity index (χ3n) is 3.80. The zero-order valence-corrected chi connectivity index (χ0v) is 14.0. The molecule has 1 aliphatic rings. The van der Waals surface area contributed by atoms with Gasteiger partial charge in [-0.15, -0.1) is 0 Å². The molecule has 0 bridgehead atoms. The third-order valence-corrected chi connectivity index (χ3v) is 4.54. The number of anilines is 1. The van der Waals surface area contributed by atoms with Crippen molar-refractivity contribution < 1.29 is 9.53 Å². The van der Waals surface area contributed by atoms with E-state index in [1.165, 1.54) is 11.1 Å². The lowest BCUT2D eigenvalue weighted by Crippen LogP contribution is -2.32. The lowest BCUT2D eigenvalue weighted by molar-refractivity contribution is 0.0526. The van der Waals surface area contributed by atoms with Crippen LogP contribution in [0.3, 0.4) is 0 Å². The fourth-order valence-corrected chi connectivity index (χ4v) is 3.27. The summed E-state index contributed by atoms with van der Waals surface area (Å²) in [4.78, 5) is 18.7. The molecule has 0 aliphatic carbocycles. The molecule has 0 unspecified atom stereocenters. The van der Waals surface area contributed by atoms with Crippen molar-refractivity contribution in [2.24, 2.45) is 0 Å². The molecule has 1 aromatic carbocycles. The normalized spacial score (nSPS) is 13.6. The highest BCUT2D eigenvalue weighted by atomic mass is 79.9. The van der Waals surface area contributed by atoms with E-state index in [-0.39, 0.29) is 5.97 Å². The number of aromatic nitrogens is 1. The van der Waals surface area contributed by atoms with Crippen molar-refractivity contribution in [3.63, 3.8) is 0 Å². The van der Waals surface area contributed by atoms with Gasteiger partial charge in [0.2, 0.25) is 0 Å². The zero-order valence-electron chi connectivity index (χ0n) is 12.4. The van der Waals surface area contributed by atoms with Gasteiger partial charge in [-0.3, -0.25) is 0 Å². The average molecular weight is 361 g/mol. The molecule has 0 spiro atoms. The van der Waals surface area contributed by atoms with E-state index in [1.807, 2.05) is 13.0 Å². The monoisotopic (exact) mass is 360 g/mol. The minimum absolute atomic E-state index is 0.316. The molecule has 0 saturated heterocycles. The molecule has 1 aromatic heterocycles. The summed E-state index contributed by atoms with van der Waals surface area (Å²) in [6.07, 6.45) is 2.65. The summed E-state index contributed by atoms with van der Waals surface area (Å²) in [6, 6.07) is 9.80. The van der Waals surface area contributed by atoms with Crippen LogP contribution in [0.15, 0.2) is 41.0 Å². The summed E-state index contributed by atoms with van der Waals surface area (Å²) in [5.74, 6) is 0.380. The summed E-state index contributed by atoms with van der Waals surface area (Å²) < 4.78 is 6.24. The molecule has 0 amide bonds. The van der Waals surface area contributed by atoms with Gasteiger partial charge in [0.05, 0.1) is 6.61 Å². The summed E-state index contributed by atoms with van der Waals surface area (Å²) in [5.41, 5.74) is 3.13. The Bertz CT molecular complexity index is 703. The Labute approximate surface area is 138 Å². The summed E-state index contributed by atoms with van der Waals surface area (Å²) >= 11 is 3.62. The lowest BCUT2D eigenvalue weighted by atomic mass is 9.99. The van der Waals surface area contributed by atoms with Crippen LogP contribution in [0, 0.1) is 0 Å². The van der Waals surface area contributed by atoms with E-state index in [1.54, 1.807) is 18.3 Å². The van der Waals surface area contributed by atoms with Gasteiger partial charge in [-0.1, -0.05) is 28.1 Å². The molecule has 22 heavy (non-hydrogen) atoms. The Morgan fingerprint density at radius 3 is 3.05 bits per heavy atom. The molecule has 5 heteroatoms. The number of benzene rings is 1. The van der Waals surface area contributed by atoms with E-state index in [9.17, 15) is 4.79 Å². The van der Waals surface area contributed by atoms with Gasteiger partial charge in [-0.05, 0) is 42.7 Å². The Kier molecular flexibility index (Phi) is 4.43. The summed E-state index contributed by atoms with van der Waals surface area (Å²) in [7, 11) is 0. The number of esters is 1. The van der Waals surface area contributed by atoms with Crippen molar-refractivity contribution in [3.8, 4) is 0 Å². The van der Waals surface area contributed by atoms with E-state index < -0.39 is 0 Å². The number of carbonyl (C=O) groups excluding carboxylic acids is 1. The third kappa shape index (κ3) is 2.86. The van der Waals surface area contributed by atoms with Gasteiger partial charge in [0.15, 0.2) is 0 Å². The van der Waals surface area contributed by atoms with Crippen molar-refractivity contribution in [3.05, 3.63) is 57.7 Å².